The molecule has 1 saturated heterocycles. The number of anilines is 1. The highest BCUT2D eigenvalue weighted by Crippen LogP contribution is 2.29. The van der Waals surface area contributed by atoms with Gasteiger partial charge in [-0.3, -0.25) is 4.40 Å². The second-order valence-corrected chi connectivity index (χ2v) is 5.70. The number of para-hydroxylation sites is 2. The fraction of sp³-hybridized carbons (Fsp3) is 0.438. The smallest absolute Gasteiger partial charge is 0.204 e. The average Bonchev–Trinajstić information content (AvgIpc) is 3.04. The highest BCUT2D eigenvalue weighted by molar-refractivity contribution is 5.82. The van der Waals surface area contributed by atoms with Crippen LogP contribution in [0.2, 0.25) is 0 Å². The fourth-order valence-corrected chi connectivity index (χ4v) is 3.39. The van der Waals surface area contributed by atoms with Crippen molar-refractivity contribution in [2.24, 2.45) is 0 Å². The SMILES string of the molecule is CCC1CCCCN1c1nc2ccccc2n2cnnc12. The molecule has 108 valence electrons. The summed E-state index contributed by atoms with van der Waals surface area (Å²) in [7, 11) is 0. The molecule has 1 aromatic carbocycles. The molecule has 0 amide bonds. The van der Waals surface area contributed by atoms with Crippen LogP contribution in [0.3, 0.4) is 0 Å². The number of fused-ring (bicyclic) bond motifs is 3. The van der Waals surface area contributed by atoms with Crippen LogP contribution in [-0.2, 0) is 0 Å². The maximum Gasteiger partial charge on any atom is 0.204 e. The van der Waals surface area contributed by atoms with Gasteiger partial charge in [0.25, 0.3) is 0 Å². The molecule has 3 heterocycles. The predicted octanol–water partition coefficient (Wildman–Crippen LogP) is 3.05. The van der Waals surface area contributed by atoms with Gasteiger partial charge in [-0.05, 0) is 37.8 Å². The Morgan fingerprint density at radius 1 is 1.24 bits per heavy atom. The topological polar surface area (TPSA) is 46.3 Å². The second-order valence-electron chi connectivity index (χ2n) is 5.70. The number of piperidine rings is 1. The van der Waals surface area contributed by atoms with Gasteiger partial charge in [-0.1, -0.05) is 19.1 Å². The van der Waals surface area contributed by atoms with Crippen LogP contribution < -0.4 is 4.90 Å². The van der Waals surface area contributed by atoms with Crippen molar-refractivity contribution >= 4 is 22.5 Å². The molecule has 1 atom stereocenters. The molecule has 0 bridgehead atoms. The molecule has 1 aliphatic rings. The molecule has 0 radical (unpaired) electrons. The van der Waals surface area contributed by atoms with E-state index in [2.05, 4.69) is 38.6 Å². The highest BCUT2D eigenvalue weighted by atomic mass is 15.3. The molecule has 1 unspecified atom stereocenters. The summed E-state index contributed by atoms with van der Waals surface area (Å²) in [6, 6.07) is 8.74. The zero-order valence-electron chi connectivity index (χ0n) is 12.2. The monoisotopic (exact) mass is 281 g/mol. The summed E-state index contributed by atoms with van der Waals surface area (Å²) in [5.41, 5.74) is 2.93. The van der Waals surface area contributed by atoms with Crippen LogP contribution in [0, 0.1) is 0 Å². The van der Waals surface area contributed by atoms with Crippen LogP contribution in [0.4, 0.5) is 5.82 Å². The third-order valence-corrected chi connectivity index (χ3v) is 4.49. The predicted molar refractivity (Wildman–Crippen MR) is 83.6 cm³/mol. The summed E-state index contributed by atoms with van der Waals surface area (Å²) in [5, 5.41) is 8.43. The van der Waals surface area contributed by atoms with Gasteiger partial charge in [-0.15, -0.1) is 10.2 Å². The largest absolute Gasteiger partial charge is 0.350 e. The minimum atomic E-state index is 0.563. The van der Waals surface area contributed by atoms with E-state index in [4.69, 9.17) is 4.98 Å². The molecule has 5 nitrogen and oxygen atoms in total. The summed E-state index contributed by atoms with van der Waals surface area (Å²) >= 11 is 0. The molecular formula is C16H19N5. The lowest BCUT2D eigenvalue weighted by Gasteiger charge is -2.36. The average molecular weight is 281 g/mol. The van der Waals surface area contributed by atoms with Crippen molar-refractivity contribution in [3.05, 3.63) is 30.6 Å². The van der Waals surface area contributed by atoms with Crippen LogP contribution in [0.1, 0.15) is 32.6 Å². The maximum absolute atomic E-state index is 4.90. The highest BCUT2D eigenvalue weighted by Gasteiger charge is 2.25. The molecule has 0 saturated carbocycles. The minimum absolute atomic E-state index is 0.563. The number of benzene rings is 1. The lowest BCUT2D eigenvalue weighted by Crippen LogP contribution is -2.40. The summed E-state index contributed by atoms with van der Waals surface area (Å²) in [5.74, 6) is 0.984. The van der Waals surface area contributed by atoms with Crippen molar-refractivity contribution in [2.45, 2.75) is 38.6 Å². The molecule has 21 heavy (non-hydrogen) atoms. The lowest BCUT2D eigenvalue weighted by molar-refractivity contribution is 0.447. The van der Waals surface area contributed by atoms with E-state index in [1.807, 2.05) is 12.1 Å². The molecule has 0 aliphatic carbocycles. The quantitative estimate of drug-likeness (QED) is 0.724. The van der Waals surface area contributed by atoms with Crippen molar-refractivity contribution in [2.75, 3.05) is 11.4 Å². The van der Waals surface area contributed by atoms with Crippen molar-refractivity contribution < 1.29 is 0 Å². The standard InChI is InChI=1S/C16H19N5/c1-2-12-7-5-6-10-20(12)15-16-19-17-11-21(16)14-9-4-3-8-13(14)18-15/h3-4,8-9,11-12H,2,5-7,10H2,1H3. The Morgan fingerprint density at radius 2 is 2.14 bits per heavy atom. The Kier molecular flexibility index (Phi) is 2.98. The van der Waals surface area contributed by atoms with E-state index in [0.29, 0.717) is 6.04 Å². The van der Waals surface area contributed by atoms with Crippen LogP contribution in [-0.4, -0.2) is 32.2 Å². The fourth-order valence-electron chi connectivity index (χ4n) is 3.39. The minimum Gasteiger partial charge on any atom is -0.350 e. The molecule has 0 spiro atoms. The normalized spacial score (nSPS) is 19.5. The lowest BCUT2D eigenvalue weighted by atomic mass is 10.00. The van der Waals surface area contributed by atoms with Gasteiger partial charge in [0.05, 0.1) is 11.0 Å². The van der Waals surface area contributed by atoms with E-state index in [-0.39, 0.29) is 0 Å². The van der Waals surface area contributed by atoms with E-state index in [1.165, 1.54) is 19.3 Å². The van der Waals surface area contributed by atoms with Gasteiger partial charge in [0.15, 0.2) is 5.82 Å². The molecule has 1 aliphatic heterocycles. The Balaban J connectivity index is 1.95. The number of aromatic nitrogens is 4. The van der Waals surface area contributed by atoms with Gasteiger partial charge >= 0.3 is 0 Å². The van der Waals surface area contributed by atoms with Crippen molar-refractivity contribution in [1.29, 1.82) is 0 Å². The first-order valence-electron chi connectivity index (χ1n) is 7.73. The summed E-state index contributed by atoms with van der Waals surface area (Å²) < 4.78 is 2.05. The number of hydrogen-bond acceptors (Lipinski definition) is 4. The molecule has 4 rings (SSSR count). The number of rotatable bonds is 2. The van der Waals surface area contributed by atoms with Gasteiger partial charge in [0, 0.05) is 12.6 Å². The molecule has 1 fully saturated rings. The molecule has 0 N–H and O–H groups in total. The molecule has 3 aromatic rings. The van der Waals surface area contributed by atoms with E-state index in [1.54, 1.807) is 6.33 Å². The summed E-state index contributed by atoms with van der Waals surface area (Å²) in [6.45, 7) is 3.32. The van der Waals surface area contributed by atoms with Gasteiger partial charge in [0.1, 0.15) is 6.33 Å². The number of hydrogen-bond donors (Lipinski definition) is 0. The summed E-state index contributed by atoms with van der Waals surface area (Å²) in [4.78, 5) is 7.33. The van der Waals surface area contributed by atoms with E-state index >= 15 is 0 Å². The number of nitrogens with zero attached hydrogens (tertiary/aromatic N) is 5. The van der Waals surface area contributed by atoms with Crippen molar-refractivity contribution in [1.82, 2.24) is 19.6 Å². The Morgan fingerprint density at radius 3 is 3.05 bits per heavy atom. The summed E-state index contributed by atoms with van der Waals surface area (Å²) in [6.07, 6.45) is 6.71. The van der Waals surface area contributed by atoms with E-state index < -0.39 is 0 Å². The maximum atomic E-state index is 4.90. The Bertz CT molecular complexity index is 779. The Labute approximate surface area is 123 Å². The first kappa shape index (κ1) is 12.6. The van der Waals surface area contributed by atoms with E-state index in [0.717, 1.165) is 35.5 Å². The van der Waals surface area contributed by atoms with Crippen LogP contribution >= 0.6 is 0 Å². The zero-order chi connectivity index (χ0) is 14.2. The third kappa shape index (κ3) is 1.95. The Hall–Kier alpha value is -2.17. The van der Waals surface area contributed by atoms with Crippen LogP contribution in [0.15, 0.2) is 30.6 Å². The third-order valence-electron chi connectivity index (χ3n) is 4.49. The van der Waals surface area contributed by atoms with E-state index in [9.17, 15) is 0 Å². The van der Waals surface area contributed by atoms with Gasteiger partial charge in [-0.25, -0.2) is 4.98 Å². The van der Waals surface area contributed by atoms with Crippen molar-refractivity contribution in [3.8, 4) is 0 Å². The van der Waals surface area contributed by atoms with Crippen LogP contribution in [0.25, 0.3) is 16.7 Å². The van der Waals surface area contributed by atoms with Crippen LogP contribution in [0.5, 0.6) is 0 Å². The van der Waals surface area contributed by atoms with Gasteiger partial charge in [0.2, 0.25) is 5.65 Å². The second kappa shape index (κ2) is 4.98. The molecule has 5 heteroatoms. The molecular weight excluding hydrogens is 262 g/mol. The van der Waals surface area contributed by atoms with Crippen molar-refractivity contribution in [3.63, 3.8) is 0 Å². The van der Waals surface area contributed by atoms with Gasteiger partial charge < -0.3 is 4.90 Å². The first-order chi connectivity index (χ1) is 10.4. The van der Waals surface area contributed by atoms with Gasteiger partial charge in [-0.2, -0.15) is 0 Å². The molecule has 2 aromatic heterocycles. The zero-order valence-corrected chi connectivity index (χ0v) is 12.2. The first-order valence-corrected chi connectivity index (χ1v) is 7.73.